The average Bonchev–Trinajstić information content (AvgIpc) is 4.03. The Labute approximate surface area is 412 Å². The van der Waals surface area contributed by atoms with E-state index in [0.717, 1.165) is 51.1 Å². The van der Waals surface area contributed by atoms with E-state index >= 15 is 0 Å². The lowest BCUT2D eigenvalue weighted by Gasteiger charge is -2.51. The van der Waals surface area contributed by atoms with E-state index in [9.17, 15) is 0 Å². The summed E-state index contributed by atoms with van der Waals surface area (Å²) in [6.45, 7) is 0. The van der Waals surface area contributed by atoms with Gasteiger partial charge in [0.25, 0.3) is 0 Å². The molecule has 0 radical (unpaired) electrons. The van der Waals surface area contributed by atoms with Crippen molar-refractivity contribution in [1.82, 2.24) is 19.1 Å². The molecule has 17 rings (SSSR count). The van der Waals surface area contributed by atoms with Crippen LogP contribution >= 0.6 is 0 Å². The number of hydrogen-bond donors (Lipinski definition) is 0. The van der Waals surface area contributed by atoms with Crippen LogP contribution in [0.5, 0.6) is 0 Å². The first-order valence-electron chi connectivity index (χ1n) is 25.8. The topological polar surface area (TPSA) is 35.6 Å². The standard InChI is InChI=1S/C67H50N4/c1-2-12-43(13-3-1)66-68-60-19-9-6-18-56(60)65(69-66)42-22-26-49(27-23-42)70-61-20-10-7-16-54(61)58-35-44(24-30-63(58)70)45-25-31-64-59(36-45)55-17-8-11-21-62(55)71(64)50-28-29-53-52-15-5-4-14-51(52)46-32-41-33-48(34-46)67(38-41)39-47(40-67)57(53)37-50/h1-31,35-37,41,46-48H,32-34,38-40H2. The van der Waals surface area contributed by atoms with Crippen LogP contribution < -0.4 is 0 Å². The summed E-state index contributed by atoms with van der Waals surface area (Å²) in [6, 6.07) is 76.5. The van der Waals surface area contributed by atoms with Gasteiger partial charge in [0, 0.05) is 49.4 Å². The highest BCUT2D eigenvalue weighted by molar-refractivity contribution is 6.13. The maximum absolute atomic E-state index is 5.15. The van der Waals surface area contributed by atoms with Gasteiger partial charge >= 0.3 is 0 Å². The zero-order valence-electron chi connectivity index (χ0n) is 39.5. The van der Waals surface area contributed by atoms with Crippen molar-refractivity contribution in [3.63, 3.8) is 0 Å². The molecule has 9 aromatic carbocycles. The summed E-state index contributed by atoms with van der Waals surface area (Å²) < 4.78 is 4.95. The Morgan fingerprint density at radius 2 is 0.972 bits per heavy atom. The molecule has 3 unspecified atom stereocenters. The lowest BCUT2D eigenvalue weighted by Crippen LogP contribution is -2.39. The van der Waals surface area contributed by atoms with E-state index in [-0.39, 0.29) is 0 Å². The highest BCUT2D eigenvalue weighted by Crippen LogP contribution is 2.70. The zero-order chi connectivity index (χ0) is 46.4. The maximum atomic E-state index is 5.15. The average molecular weight is 911 g/mol. The number of hydrogen-bond acceptors (Lipinski definition) is 2. The molecule has 3 atom stereocenters. The zero-order valence-corrected chi connectivity index (χ0v) is 39.5. The van der Waals surface area contributed by atoms with Gasteiger partial charge in [-0.3, -0.25) is 0 Å². The third kappa shape index (κ3) is 5.91. The Balaban J connectivity index is 0.788. The maximum Gasteiger partial charge on any atom is 0.160 e. The summed E-state index contributed by atoms with van der Waals surface area (Å²) in [4.78, 5) is 10.1. The molecule has 0 aliphatic heterocycles. The molecule has 12 aromatic rings. The molecular weight excluding hydrogens is 861 g/mol. The summed E-state index contributed by atoms with van der Waals surface area (Å²) in [6.07, 6.45) is 8.43. The Morgan fingerprint density at radius 1 is 0.380 bits per heavy atom. The van der Waals surface area contributed by atoms with E-state index < -0.39 is 0 Å². The minimum atomic E-state index is 0.569. The number of para-hydroxylation sites is 3. The van der Waals surface area contributed by atoms with Gasteiger partial charge in [0.2, 0.25) is 0 Å². The molecule has 4 heteroatoms. The highest BCUT2D eigenvalue weighted by atomic mass is 15.0. The Hall–Kier alpha value is -8.08. The lowest BCUT2D eigenvalue weighted by atomic mass is 9.53. The third-order valence-corrected chi connectivity index (χ3v) is 17.8. The number of fused-ring (bicyclic) bond motifs is 8. The molecular formula is C67H50N4. The normalized spacial score (nSPS) is 21.0. The fraction of sp³-hybridized carbons (Fsp3) is 0.164. The van der Waals surface area contributed by atoms with Crippen LogP contribution in [0.25, 0.3) is 111 Å². The highest BCUT2D eigenvalue weighted by Gasteiger charge is 2.58. The van der Waals surface area contributed by atoms with Gasteiger partial charge in [0.15, 0.2) is 5.82 Å². The molecule has 338 valence electrons. The number of nitrogens with zero attached hydrogens (tertiary/aromatic N) is 4. The van der Waals surface area contributed by atoms with Crippen LogP contribution in [0, 0.1) is 17.3 Å². The van der Waals surface area contributed by atoms with Gasteiger partial charge in [-0.15, -0.1) is 0 Å². The van der Waals surface area contributed by atoms with Crippen molar-refractivity contribution < 1.29 is 0 Å². The van der Waals surface area contributed by atoms with Crippen molar-refractivity contribution in [3.05, 3.63) is 217 Å². The molecule has 5 aliphatic carbocycles. The Bertz CT molecular complexity index is 4150. The summed E-state index contributed by atoms with van der Waals surface area (Å²) in [5.74, 6) is 3.85. The molecule has 3 aromatic heterocycles. The SMILES string of the molecule is c1ccc(-c2nc(-c3ccc(-n4c5ccccc5c5cc(-c6ccc7c(c6)c6ccccc6n7-c6ccc7c(c6)C6CC8(CC9CC(CC8C9)c8ccccc8-7)C6)ccc54)cc3)c3ccccc3n2)cc1. The van der Waals surface area contributed by atoms with E-state index in [0.29, 0.717) is 17.3 Å². The van der Waals surface area contributed by atoms with E-state index in [4.69, 9.17) is 9.97 Å². The van der Waals surface area contributed by atoms with Crippen LogP contribution in [-0.4, -0.2) is 19.1 Å². The largest absolute Gasteiger partial charge is 0.309 e. The molecule has 0 amide bonds. The van der Waals surface area contributed by atoms with E-state index in [1.165, 1.54) is 110 Å². The summed E-state index contributed by atoms with van der Waals surface area (Å²) in [7, 11) is 0. The second-order valence-corrected chi connectivity index (χ2v) is 21.5. The van der Waals surface area contributed by atoms with Crippen LogP contribution in [0.3, 0.4) is 0 Å². The minimum absolute atomic E-state index is 0.569. The van der Waals surface area contributed by atoms with Crippen LogP contribution in [0.4, 0.5) is 0 Å². The quantitative estimate of drug-likeness (QED) is 0.172. The van der Waals surface area contributed by atoms with Crippen LogP contribution in [0.2, 0.25) is 0 Å². The van der Waals surface area contributed by atoms with Crippen LogP contribution in [0.1, 0.15) is 61.5 Å². The molecule has 1 spiro atoms. The fourth-order valence-corrected chi connectivity index (χ4v) is 14.8. The monoisotopic (exact) mass is 910 g/mol. The Kier molecular flexibility index (Phi) is 8.37. The molecule has 3 fully saturated rings. The number of benzene rings is 9. The predicted octanol–water partition coefficient (Wildman–Crippen LogP) is 17.3. The van der Waals surface area contributed by atoms with Crippen LogP contribution in [0.15, 0.2) is 206 Å². The first-order valence-corrected chi connectivity index (χ1v) is 25.8. The number of rotatable bonds is 5. The first kappa shape index (κ1) is 39.7. The van der Waals surface area contributed by atoms with Gasteiger partial charge in [0.1, 0.15) is 0 Å². The van der Waals surface area contributed by atoms with Gasteiger partial charge in [-0.2, -0.15) is 0 Å². The van der Waals surface area contributed by atoms with E-state index in [1.54, 1.807) is 11.1 Å². The van der Waals surface area contributed by atoms with Crippen molar-refractivity contribution in [3.8, 4) is 56.3 Å². The van der Waals surface area contributed by atoms with Gasteiger partial charge in [0.05, 0.1) is 33.3 Å². The Morgan fingerprint density at radius 3 is 1.72 bits per heavy atom. The van der Waals surface area contributed by atoms with Crippen molar-refractivity contribution in [2.45, 2.75) is 50.4 Å². The molecule has 4 nitrogen and oxygen atoms in total. The van der Waals surface area contributed by atoms with Crippen molar-refractivity contribution in [2.24, 2.45) is 17.3 Å². The van der Waals surface area contributed by atoms with Crippen molar-refractivity contribution in [2.75, 3.05) is 0 Å². The molecule has 5 aliphatic rings. The van der Waals surface area contributed by atoms with E-state index in [2.05, 4.69) is 191 Å². The minimum Gasteiger partial charge on any atom is -0.309 e. The van der Waals surface area contributed by atoms with Gasteiger partial charge in [-0.1, -0.05) is 140 Å². The second kappa shape index (κ2) is 15.0. The van der Waals surface area contributed by atoms with Crippen LogP contribution in [-0.2, 0) is 0 Å². The van der Waals surface area contributed by atoms with Crippen molar-refractivity contribution >= 4 is 54.5 Å². The van der Waals surface area contributed by atoms with Gasteiger partial charge in [-0.25, -0.2) is 9.97 Å². The van der Waals surface area contributed by atoms with Crippen molar-refractivity contribution in [1.29, 1.82) is 0 Å². The summed E-state index contributed by atoms with van der Waals surface area (Å²) in [5.41, 5.74) is 20.3. The lowest BCUT2D eigenvalue weighted by molar-refractivity contribution is 0.0472. The first-order chi connectivity index (χ1) is 35.1. The summed E-state index contributed by atoms with van der Waals surface area (Å²) >= 11 is 0. The molecule has 0 saturated heterocycles. The molecule has 71 heavy (non-hydrogen) atoms. The van der Waals surface area contributed by atoms with Gasteiger partial charge in [-0.05, 0) is 168 Å². The summed E-state index contributed by atoms with van der Waals surface area (Å²) in [5, 5.41) is 6.10. The molecule has 5 bridgehead atoms. The number of aromatic nitrogens is 4. The fourth-order valence-electron chi connectivity index (χ4n) is 14.8. The predicted molar refractivity (Wildman–Crippen MR) is 293 cm³/mol. The third-order valence-electron chi connectivity index (χ3n) is 17.8. The molecule has 3 saturated carbocycles. The molecule has 3 heterocycles. The van der Waals surface area contributed by atoms with E-state index in [1.807, 2.05) is 24.3 Å². The van der Waals surface area contributed by atoms with Gasteiger partial charge < -0.3 is 9.13 Å². The smallest absolute Gasteiger partial charge is 0.160 e. The molecule has 0 N–H and O–H groups in total. The second-order valence-electron chi connectivity index (χ2n) is 21.5.